The van der Waals surface area contributed by atoms with Crippen LogP contribution in [0, 0.1) is 11.7 Å². The standard InChI is InChI=1S/C15H17BrFNO3/c16-11-7-6-10(8-12(11)17)14(19)18-13(15(20)21)9-4-2-1-3-5-9/h6-9,13H,1-5H2,(H,18,19)(H,20,21). The molecule has 2 N–H and O–H groups in total. The summed E-state index contributed by atoms with van der Waals surface area (Å²) in [6, 6.07) is 3.08. The first-order chi connectivity index (χ1) is 9.99. The van der Waals surface area contributed by atoms with Crippen molar-refractivity contribution < 1.29 is 19.1 Å². The highest BCUT2D eigenvalue weighted by Crippen LogP contribution is 2.27. The summed E-state index contributed by atoms with van der Waals surface area (Å²) in [4.78, 5) is 23.5. The van der Waals surface area contributed by atoms with E-state index in [1.165, 1.54) is 12.1 Å². The number of carboxylic acids is 1. The van der Waals surface area contributed by atoms with Gasteiger partial charge in [0, 0.05) is 5.56 Å². The largest absolute Gasteiger partial charge is 0.480 e. The van der Waals surface area contributed by atoms with Gasteiger partial charge in [-0.2, -0.15) is 0 Å². The van der Waals surface area contributed by atoms with Gasteiger partial charge in [-0.15, -0.1) is 0 Å². The summed E-state index contributed by atoms with van der Waals surface area (Å²) in [5.74, 6) is -2.19. The van der Waals surface area contributed by atoms with Crippen molar-refractivity contribution in [1.82, 2.24) is 5.32 Å². The van der Waals surface area contributed by atoms with E-state index in [1.807, 2.05) is 0 Å². The Morgan fingerprint density at radius 2 is 1.95 bits per heavy atom. The molecule has 1 saturated carbocycles. The van der Waals surface area contributed by atoms with Crippen molar-refractivity contribution in [3.63, 3.8) is 0 Å². The Labute approximate surface area is 130 Å². The number of amides is 1. The first kappa shape index (κ1) is 15.9. The van der Waals surface area contributed by atoms with E-state index in [2.05, 4.69) is 21.2 Å². The second kappa shape index (κ2) is 7.02. The number of halogens is 2. The third-order valence-corrected chi connectivity index (χ3v) is 4.50. The van der Waals surface area contributed by atoms with Gasteiger partial charge in [0.05, 0.1) is 4.47 Å². The Morgan fingerprint density at radius 3 is 2.52 bits per heavy atom. The maximum absolute atomic E-state index is 13.4. The Balaban J connectivity index is 2.10. The summed E-state index contributed by atoms with van der Waals surface area (Å²) in [7, 11) is 0. The predicted molar refractivity (Wildman–Crippen MR) is 79.6 cm³/mol. The van der Waals surface area contributed by atoms with Crippen LogP contribution in [0.15, 0.2) is 22.7 Å². The Morgan fingerprint density at radius 1 is 1.29 bits per heavy atom. The first-order valence-corrected chi connectivity index (χ1v) is 7.77. The zero-order valence-corrected chi connectivity index (χ0v) is 13.0. The monoisotopic (exact) mass is 357 g/mol. The molecule has 1 aliphatic carbocycles. The summed E-state index contributed by atoms with van der Waals surface area (Å²) in [5.41, 5.74) is 0.123. The lowest BCUT2D eigenvalue weighted by Gasteiger charge is -2.28. The Bertz CT molecular complexity index is 544. The van der Waals surface area contributed by atoms with Crippen molar-refractivity contribution in [3.8, 4) is 0 Å². The highest BCUT2D eigenvalue weighted by Gasteiger charge is 2.31. The molecule has 0 spiro atoms. The molecule has 0 heterocycles. The number of carbonyl (C=O) groups is 2. The molecule has 0 aromatic heterocycles. The number of hydrogen-bond acceptors (Lipinski definition) is 2. The fraction of sp³-hybridized carbons (Fsp3) is 0.467. The van der Waals surface area contributed by atoms with E-state index in [-0.39, 0.29) is 16.0 Å². The smallest absolute Gasteiger partial charge is 0.326 e. The predicted octanol–water partition coefficient (Wildman–Crippen LogP) is 3.35. The normalized spacial score (nSPS) is 17.2. The Hall–Kier alpha value is -1.43. The van der Waals surface area contributed by atoms with Gasteiger partial charge in [-0.3, -0.25) is 4.79 Å². The molecule has 0 aliphatic heterocycles. The van der Waals surface area contributed by atoms with E-state index in [4.69, 9.17) is 0 Å². The highest BCUT2D eigenvalue weighted by molar-refractivity contribution is 9.10. The quantitative estimate of drug-likeness (QED) is 0.868. The van der Waals surface area contributed by atoms with Gasteiger partial charge in [0.1, 0.15) is 11.9 Å². The third-order valence-electron chi connectivity index (χ3n) is 3.86. The molecule has 1 amide bonds. The number of hydrogen-bond donors (Lipinski definition) is 2. The minimum Gasteiger partial charge on any atom is -0.480 e. The molecule has 2 rings (SSSR count). The van der Waals surface area contributed by atoms with Crippen LogP contribution >= 0.6 is 15.9 Å². The molecule has 1 atom stereocenters. The van der Waals surface area contributed by atoms with E-state index < -0.39 is 23.7 Å². The van der Waals surface area contributed by atoms with Crippen molar-refractivity contribution in [2.75, 3.05) is 0 Å². The van der Waals surface area contributed by atoms with Crippen molar-refractivity contribution >= 4 is 27.8 Å². The van der Waals surface area contributed by atoms with Gasteiger partial charge in [-0.1, -0.05) is 19.3 Å². The zero-order valence-electron chi connectivity index (χ0n) is 11.4. The minimum atomic E-state index is -1.03. The minimum absolute atomic E-state index is 0.0551. The van der Waals surface area contributed by atoms with Crippen molar-refractivity contribution in [3.05, 3.63) is 34.1 Å². The second-order valence-corrected chi connectivity index (χ2v) is 6.17. The average molecular weight is 358 g/mol. The number of carbonyl (C=O) groups excluding carboxylic acids is 1. The van der Waals surface area contributed by atoms with E-state index in [0.717, 1.165) is 38.2 Å². The van der Waals surface area contributed by atoms with Crippen molar-refractivity contribution in [2.24, 2.45) is 5.92 Å². The van der Waals surface area contributed by atoms with Crippen LogP contribution < -0.4 is 5.32 Å². The van der Waals surface area contributed by atoms with Gasteiger partial charge in [-0.25, -0.2) is 9.18 Å². The van der Waals surface area contributed by atoms with Crippen molar-refractivity contribution in [1.29, 1.82) is 0 Å². The van der Waals surface area contributed by atoms with E-state index in [9.17, 15) is 19.1 Å². The van der Waals surface area contributed by atoms with Crippen LogP contribution in [0.3, 0.4) is 0 Å². The molecule has 1 aromatic rings. The molecule has 6 heteroatoms. The lowest BCUT2D eigenvalue weighted by Crippen LogP contribution is -2.46. The fourth-order valence-electron chi connectivity index (χ4n) is 2.71. The fourth-order valence-corrected chi connectivity index (χ4v) is 2.96. The maximum atomic E-state index is 13.4. The zero-order chi connectivity index (χ0) is 15.4. The van der Waals surface area contributed by atoms with Gasteiger partial charge in [0.15, 0.2) is 0 Å². The van der Waals surface area contributed by atoms with Gasteiger partial charge < -0.3 is 10.4 Å². The maximum Gasteiger partial charge on any atom is 0.326 e. The number of carboxylic acid groups (broad SMARTS) is 1. The van der Waals surface area contributed by atoms with Gasteiger partial charge in [-0.05, 0) is 52.9 Å². The van der Waals surface area contributed by atoms with Crippen LogP contribution in [-0.4, -0.2) is 23.0 Å². The van der Waals surface area contributed by atoms with Crippen LogP contribution in [0.2, 0.25) is 0 Å². The van der Waals surface area contributed by atoms with Gasteiger partial charge >= 0.3 is 5.97 Å². The number of rotatable bonds is 4. The molecular formula is C15H17BrFNO3. The van der Waals surface area contributed by atoms with Crippen LogP contribution in [0.1, 0.15) is 42.5 Å². The van der Waals surface area contributed by atoms with Gasteiger partial charge in [0.2, 0.25) is 0 Å². The molecule has 21 heavy (non-hydrogen) atoms. The molecule has 0 bridgehead atoms. The lowest BCUT2D eigenvalue weighted by molar-refractivity contribution is -0.141. The van der Waals surface area contributed by atoms with Crippen LogP contribution in [0.4, 0.5) is 4.39 Å². The molecule has 1 unspecified atom stereocenters. The van der Waals surface area contributed by atoms with Gasteiger partial charge in [0.25, 0.3) is 5.91 Å². The Kier molecular flexibility index (Phi) is 5.33. The van der Waals surface area contributed by atoms with Crippen LogP contribution in [0.5, 0.6) is 0 Å². The lowest BCUT2D eigenvalue weighted by atomic mass is 9.84. The highest BCUT2D eigenvalue weighted by atomic mass is 79.9. The summed E-state index contributed by atoms with van der Waals surface area (Å²) < 4.78 is 13.7. The molecule has 0 radical (unpaired) electrons. The molecule has 114 valence electrons. The SMILES string of the molecule is O=C(NC(C(=O)O)C1CCCCC1)c1ccc(Br)c(F)c1. The molecule has 0 saturated heterocycles. The first-order valence-electron chi connectivity index (χ1n) is 6.98. The molecule has 1 aromatic carbocycles. The van der Waals surface area contributed by atoms with E-state index >= 15 is 0 Å². The molecular weight excluding hydrogens is 341 g/mol. The molecule has 4 nitrogen and oxygen atoms in total. The van der Waals surface area contributed by atoms with Crippen molar-refractivity contribution in [2.45, 2.75) is 38.1 Å². The third kappa shape index (κ3) is 4.03. The molecule has 1 fully saturated rings. The topological polar surface area (TPSA) is 66.4 Å². The number of benzene rings is 1. The van der Waals surface area contributed by atoms with E-state index in [1.54, 1.807) is 0 Å². The number of aliphatic carboxylic acids is 1. The van der Waals surface area contributed by atoms with Crippen LogP contribution in [-0.2, 0) is 4.79 Å². The summed E-state index contributed by atoms with van der Waals surface area (Å²) in [5, 5.41) is 11.9. The summed E-state index contributed by atoms with van der Waals surface area (Å²) in [6.07, 6.45) is 4.67. The average Bonchev–Trinajstić information content (AvgIpc) is 2.48. The summed E-state index contributed by atoms with van der Waals surface area (Å²) in [6.45, 7) is 0. The van der Waals surface area contributed by atoms with Crippen LogP contribution in [0.25, 0.3) is 0 Å². The number of nitrogens with one attached hydrogen (secondary N) is 1. The molecule has 1 aliphatic rings. The summed E-state index contributed by atoms with van der Waals surface area (Å²) >= 11 is 3.01. The second-order valence-electron chi connectivity index (χ2n) is 5.32. The van der Waals surface area contributed by atoms with E-state index in [0.29, 0.717) is 0 Å².